The summed E-state index contributed by atoms with van der Waals surface area (Å²) in [5.41, 5.74) is 1.13. The first-order valence-corrected chi connectivity index (χ1v) is 5.67. The van der Waals surface area contributed by atoms with Crippen LogP contribution in [0, 0.1) is 12.3 Å². The van der Waals surface area contributed by atoms with Gasteiger partial charge in [-0.15, -0.1) is 0 Å². The maximum Gasteiger partial charge on any atom is 0.129 e. The van der Waals surface area contributed by atoms with Crippen molar-refractivity contribution in [2.75, 3.05) is 18.5 Å². The van der Waals surface area contributed by atoms with Crippen LogP contribution in [0.1, 0.15) is 32.4 Å². The number of nitrogens with zero attached hydrogens (tertiary/aromatic N) is 2. The summed E-state index contributed by atoms with van der Waals surface area (Å²) in [5, 5.41) is 12.1. The minimum Gasteiger partial charge on any atom is -0.396 e. The van der Waals surface area contributed by atoms with Crippen LogP contribution in [-0.4, -0.2) is 28.2 Å². The molecule has 0 unspecified atom stereocenters. The van der Waals surface area contributed by atoms with Crippen LogP contribution >= 0.6 is 0 Å². The molecule has 2 N–H and O–H groups in total. The monoisotopic (exact) mass is 223 g/mol. The normalized spacial score (nSPS) is 11.5. The van der Waals surface area contributed by atoms with Gasteiger partial charge in [0.1, 0.15) is 12.1 Å². The van der Waals surface area contributed by atoms with Gasteiger partial charge in [-0.05, 0) is 25.2 Å². The summed E-state index contributed by atoms with van der Waals surface area (Å²) in [5.74, 6) is 0.865. The van der Waals surface area contributed by atoms with E-state index in [0.717, 1.165) is 30.9 Å². The molecule has 0 amide bonds. The molecule has 1 aromatic heterocycles. The molecular formula is C12H21N3O. The van der Waals surface area contributed by atoms with Gasteiger partial charge < -0.3 is 10.4 Å². The Morgan fingerprint density at radius 1 is 1.38 bits per heavy atom. The standard InChI is InChI=1S/C12H21N3O/c1-10-7-11(15-9-14-10)13-8-12(2,3)5-4-6-16/h7,9,16H,4-6,8H2,1-3H3,(H,13,14,15). The SMILES string of the molecule is Cc1cc(NCC(C)(C)CCCO)ncn1. The highest BCUT2D eigenvalue weighted by molar-refractivity contribution is 5.34. The van der Waals surface area contributed by atoms with Gasteiger partial charge >= 0.3 is 0 Å². The van der Waals surface area contributed by atoms with Gasteiger partial charge in [-0.25, -0.2) is 9.97 Å². The first-order valence-electron chi connectivity index (χ1n) is 5.67. The van der Waals surface area contributed by atoms with E-state index in [2.05, 4.69) is 29.1 Å². The Morgan fingerprint density at radius 3 is 2.75 bits per heavy atom. The molecule has 0 aliphatic rings. The molecule has 0 atom stereocenters. The first kappa shape index (κ1) is 12.9. The zero-order chi connectivity index (χ0) is 12.0. The molecule has 0 aliphatic carbocycles. The van der Waals surface area contributed by atoms with Gasteiger partial charge in [-0.3, -0.25) is 0 Å². The molecule has 0 radical (unpaired) electrons. The van der Waals surface area contributed by atoms with Crippen molar-refractivity contribution in [2.24, 2.45) is 5.41 Å². The number of rotatable bonds is 6. The van der Waals surface area contributed by atoms with E-state index in [1.807, 2.05) is 13.0 Å². The van der Waals surface area contributed by atoms with Gasteiger partial charge in [-0.1, -0.05) is 13.8 Å². The fourth-order valence-electron chi connectivity index (χ4n) is 1.53. The highest BCUT2D eigenvalue weighted by Crippen LogP contribution is 2.22. The van der Waals surface area contributed by atoms with Crippen LogP contribution in [0.15, 0.2) is 12.4 Å². The van der Waals surface area contributed by atoms with Crippen molar-refractivity contribution in [3.63, 3.8) is 0 Å². The number of aromatic nitrogens is 2. The number of aryl methyl sites for hydroxylation is 1. The van der Waals surface area contributed by atoms with E-state index in [0.29, 0.717) is 0 Å². The summed E-state index contributed by atoms with van der Waals surface area (Å²) >= 11 is 0. The second-order valence-corrected chi connectivity index (χ2v) is 4.89. The number of hydrogen-bond acceptors (Lipinski definition) is 4. The maximum atomic E-state index is 8.81. The predicted octanol–water partition coefficient (Wildman–Crippen LogP) is 2.00. The number of aliphatic hydroxyl groups is 1. The van der Waals surface area contributed by atoms with Crippen LogP contribution in [0.3, 0.4) is 0 Å². The van der Waals surface area contributed by atoms with Gasteiger partial charge in [0.2, 0.25) is 0 Å². The van der Waals surface area contributed by atoms with Crippen molar-refractivity contribution in [1.29, 1.82) is 0 Å². The summed E-state index contributed by atoms with van der Waals surface area (Å²) < 4.78 is 0. The van der Waals surface area contributed by atoms with E-state index >= 15 is 0 Å². The second kappa shape index (κ2) is 5.80. The van der Waals surface area contributed by atoms with Gasteiger partial charge in [0, 0.05) is 24.9 Å². The smallest absolute Gasteiger partial charge is 0.129 e. The van der Waals surface area contributed by atoms with Crippen LogP contribution in [0.25, 0.3) is 0 Å². The lowest BCUT2D eigenvalue weighted by atomic mass is 9.88. The maximum absolute atomic E-state index is 8.81. The number of anilines is 1. The van der Waals surface area contributed by atoms with Gasteiger partial charge in [-0.2, -0.15) is 0 Å². The lowest BCUT2D eigenvalue weighted by Gasteiger charge is -2.24. The summed E-state index contributed by atoms with van der Waals surface area (Å²) in [6.45, 7) is 7.43. The third-order valence-electron chi connectivity index (χ3n) is 2.56. The van der Waals surface area contributed by atoms with Crippen molar-refractivity contribution in [3.05, 3.63) is 18.1 Å². The van der Waals surface area contributed by atoms with E-state index < -0.39 is 0 Å². The van der Waals surface area contributed by atoms with Crippen molar-refractivity contribution in [1.82, 2.24) is 9.97 Å². The highest BCUT2D eigenvalue weighted by atomic mass is 16.2. The summed E-state index contributed by atoms with van der Waals surface area (Å²) in [6, 6.07) is 1.93. The molecule has 0 aromatic carbocycles. The quantitative estimate of drug-likeness (QED) is 0.774. The molecule has 0 aliphatic heterocycles. The molecule has 4 heteroatoms. The summed E-state index contributed by atoms with van der Waals surface area (Å²) in [4.78, 5) is 8.20. The lowest BCUT2D eigenvalue weighted by Crippen LogP contribution is -2.23. The molecule has 0 bridgehead atoms. The predicted molar refractivity (Wildman–Crippen MR) is 65.4 cm³/mol. The van der Waals surface area contributed by atoms with Crippen LogP contribution < -0.4 is 5.32 Å². The Labute approximate surface area is 97.1 Å². The average molecular weight is 223 g/mol. The highest BCUT2D eigenvalue weighted by Gasteiger charge is 2.16. The number of aliphatic hydroxyl groups excluding tert-OH is 1. The molecule has 0 saturated carbocycles. The average Bonchev–Trinajstić information content (AvgIpc) is 2.24. The van der Waals surface area contributed by atoms with Crippen molar-refractivity contribution in [3.8, 4) is 0 Å². The summed E-state index contributed by atoms with van der Waals surface area (Å²) in [6.07, 6.45) is 3.41. The Morgan fingerprint density at radius 2 is 2.12 bits per heavy atom. The Kier molecular flexibility index (Phi) is 4.68. The molecule has 1 aromatic rings. The minimum atomic E-state index is 0.168. The molecule has 0 spiro atoms. The Bertz CT molecular complexity index is 326. The topological polar surface area (TPSA) is 58.0 Å². The number of nitrogens with one attached hydrogen (secondary N) is 1. The zero-order valence-corrected chi connectivity index (χ0v) is 10.3. The van der Waals surface area contributed by atoms with E-state index in [9.17, 15) is 0 Å². The minimum absolute atomic E-state index is 0.168. The van der Waals surface area contributed by atoms with E-state index in [1.54, 1.807) is 6.33 Å². The summed E-state index contributed by atoms with van der Waals surface area (Å²) in [7, 11) is 0. The molecule has 4 nitrogen and oxygen atoms in total. The largest absolute Gasteiger partial charge is 0.396 e. The van der Waals surface area contributed by atoms with Crippen LogP contribution in [0.2, 0.25) is 0 Å². The van der Waals surface area contributed by atoms with E-state index in [1.165, 1.54) is 0 Å². The first-order chi connectivity index (χ1) is 7.53. The molecule has 1 rings (SSSR count). The molecule has 1 heterocycles. The Balaban J connectivity index is 2.44. The van der Waals surface area contributed by atoms with E-state index in [4.69, 9.17) is 5.11 Å². The third kappa shape index (κ3) is 4.57. The van der Waals surface area contributed by atoms with Crippen LogP contribution in [-0.2, 0) is 0 Å². The van der Waals surface area contributed by atoms with Gasteiger partial charge in [0.25, 0.3) is 0 Å². The van der Waals surface area contributed by atoms with Crippen molar-refractivity contribution >= 4 is 5.82 Å². The van der Waals surface area contributed by atoms with Crippen molar-refractivity contribution in [2.45, 2.75) is 33.6 Å². The molecule has 0 fully saturated rings. The van der Waals surface area contributed by atoms with Crippen LogP contribution in [0.4, 0.5) is 5.82 Å². The molecule has 90 valence electrons. The molecular weight excluding hydrogens is 202 g/mol. The molecule has 0 saturated heterocycles. The molecule has 16 heavy (non-hydrogen) atoms. The van der Waals surface area contributed by atoms with E-state index in [-0.39, 0.29) is 12.0 Å². The lowest BCUT2D eigenvalue weighted by molar-refractivity contribution is 0.248. The van der Waals surface area contributed by atoms with Crippen LogP contribution in [0.5, 0.6) is 0 Å². The fraction of sp³-hybridized carbons (Fsp3) is 0.667. The zero-order valence-electron chi connectivity index (χ0n) is 10.3. The van der Waals surface area contributed by atoms with Gasteiger partial charge in [0.05, 0.1) is 0 Å². The number of hydrogen-bond donors (Lipinski definition) is 2. The van der Waals surface area contributed by atoms with Crippen molar-refractivity contribution < 1.29 is 5.11 Å². The second-order valence-electron chi connectivity index (χ2n) is 4.89. The van der Waals surface area contributed by atoms with Gasteiger partial charge in [0.15, 0.2) is 0 Å². The third-order valence-corrected chi connectivity index (χ3v) is 2.56. The fourth-order valence-corrected chi connectivity index (χ4v) is 1.53. The Hall–Kier alpha value is -1.16.